The van der Waals surface area contributed by atoms with Crippen molar-refractivity contribution in [1.82, 2.24) is 4.72 Å². The quantitative estimate of drug-likeness (QED) is 0.698. The first-order chi connectivity index (χ1) is 5.91. The Morgan fingerprint density at radius 2 is 1.92 bits per heavy atom. The van der Waals surface area contributed by atoms with Gasteiger partial charge in [0.25, 0.3) is 0 Å². The lowest BCUT2D eigenvalue weighted by Gasteiger charge is -2.27. The van der Waals surface area contributed by atoms with Crippen LogP contribution < -0.4 is 4.72 Å². The second-order valence-electron chi connectivity index (χ2n) is 5.01. The first-order valence-electron chi connectivity index (χ1n) is 5.09. The fraction of sp³-hybridized carbons (Fsp3) is 1.00. The number of rotatable bonds is 2. The zero-order valence-corrected chi connectivity index (χ0v) is 9.91. The van der Waals surface area contributed by atoms with E-state index < -0.39 is 11.4 Å². The number of hydrogen-bond acceptors (Lipinski definition) is 2. The summed E-state index contributed by atoms with van der Waals surface area (Å²) >= 11 is -0.898. The Morgan fingerprint density at radius 1 is 1.31 bits per heavy atom. The first-order valence-corrected chi connectivity index (χ1v) is 6.24. The van der Waals surface area contributed by atoms with Gasteiger partial charge in [-0.3, -0.25) is 0 Å². The lowest BCUT2D eigenvalue weighted by atomic mass is 10.1. The molecule has 0 aromatic heterocycles. The van der Waals surface area contributed by atoms with Crippen LogP contribution in [-0.4, -0.2) is 15.3 Å². The number of nitrogens with one attached hydrogen (secondary N) is 1. The van der Waals surface area contributed by atoms with Crippen molar-refractivity contribution in [3.63, 3.8) is 0 Å². The van der Waals surface area contributed by atoms with E-state index in [-0.39, 0.29) is 4.75 Å². The van der Waals surface area contributed by atoms with E-state index in [0.717, 1.165) is 0 Å². The van der Waals surface area contributed by atoms with Crippen LogP contribution >= 0.6 is 0 Å². The molecule has 1 N–H and O–H groups in total. The standard InChI is InChI=1S/C10H21NOS/c1-8-6-5-7-9(8)11-13(12)10(2,3)4/h8-9,11H,5-7H2,1-4H3. The molecule has 1 aliphatic rings. The Hall–Kier alpha value is 0.270. The summed E-state index contributed by atoms with van der Waals surface area (Å²) in [6.07, 6.45) is 3.74. The Balaban J connectivity index is 2.40. The largest absolute Gasteiger partial charge is 0.598 e. The molecule has 3 unspecified atom stereocenters. The Morgan fingerprint density at radius 3 is 2.31 bits per heavy atom. The molecule has 0 radical (unpaired) electrons. The first kappa shape index (κ1) is 11.3. The second kappa shape index (κ2) is 4.20. The molecule has 13 heavy (non-hydrogen) atoms. The predicted molar refractivity (Wildman–Crippen MR) is 57.8 cm³/mol. The van der Waals surface area contributed by atoms with E-state index in [1.54, 1.807) is 0 Å². The van der Waals surface area contributed by atoms with E-state index in [9.17, 15) is 4.55 Å². The monoisotopic (exact) mass is 203 g/mol. The Bertz CT molecular complexity index is 167. The summed E-state index contributed by atoms with van der Waals surface area (Å²) in [6.45, 7) is 8.27. The van der Waals surface area contributed by atoms with Crippen LogP contribution in [0, 0.1) is 5.92 Å². The summed E-state index contributed by atoms with van der Waals surface area (Å²) < 4.78 is 14.9. The van der Waals surface area contributed by atoms with Gasteiger partial charge in [-0.15, -0.1) is 4.72 Å². The highest BCUT2D eigenvalue weighted by atomic mass is 32.2. The third-order valence-electron chi connectivity index (χ3n) is 2.68. The summed E-state index contributed by atoms with van der Waals surface area (Å²) in [7, 11) is 0. The summed E-state index contributed by atoms with van der Waals surface area (Å²) in [6, 6.07) is 0.472. The lowest BCUT2D eigenvalue weighted by molar-refractivity contribution is 0.464. The van der Waals surface area contributed by atoms with Gasteiger partial charge in [-0.2, -0.15) is 0 Å². The van der Waals surface area contributed by atoms with Gasteiger partial charge in [-0.1, -0.05) is 13.3 Å². The van der Waals surface area contributed by atoms with Gasteiger partial charge in [0.2, 0.25) is 0 Å². The van der Waals surface area contributed by atoms with Gasteiger partial charge in [0.15, 0.2) is 0 Å². The minimum atomic E-state index is -0.898. The maximum atomic E-state index is 11.8. The summed E-state index contributed by atoms with van der Waals surface area (Å²) in [4.78, 5) is 0. The molecular formula is C10H21NOS. The second-order valence-corrected chi connectivity index (χ2v) is 7.01. The van der Waals surface area contributed by atoms with Crippen LogP contribution in [-0.2, 0) is 11.4 Å². The summed E-state index contributed by atoms with van der Waals surface area (Å²) in [5.74, 6) is 0.686. The molecule has 1 rings (SSSR count). The van der Waals surface area contributed by atoms with Gasteiger partial charge < -0.3 is 4.55 Å². The van der Waals surface area contributed by atoms with Crippen LogP contribution in [0.1, 0.15) is 47.0 Å². The molecular weight excluding hydrogens is 182 g/mol. The van der Waals surface area contributed by atoms with Gasteiger partial charge in [0, 0.05) is 11.4 Å². The van der Waals surface area contributed by atoms with Crippen LogP contribution in [0.2, 0.25) is 0 Å². The highest BCUT2D eigenvalue weighted by Gasteiger charge is 2.33. The molecule has 0 aliphatic heterocycles. The Labute approximate surface area is 84.8 Å². The van der Waals surface area contributed by atoms with Gasteiger partial charge >= 0.3 is 0 Å². The fourth-order valence-corrected chi connectivity index (χ4v) is 2.61. The predicted octanol–water partition coefficient (Wildman–Crippen LogP) is 2.23. The van der Waals surface area contributed by atoms with Gasteiger partial charge in [0.1, 0.15) is 4.75 Å². The van der Waals surface area contributed by atoms with Crippen LogP contribution in [0.5, 0.6) is 0 Å². The zero-order valence-electron chi connectivity index (χ0n) is 9.09. The Kier molecular flexibility index (Phi) is 3.66. The maximum Gasteiger partial charge on any atom is 0.136 e. The highest BCUT2D eigenvalue weighted by molar-refractivity contribution is 7.90. The van der Waals surface area contributed by atoms with E-state index in [2.05, 4.69) is 11.6 Å². The van der Waals surface area contributed by atoms with E-state index in [4.69, 9.17) is 0 Å². The van der Waals surface area contributed by atoms with E-state index in [0.29, 0.717) is 12.0 Å². The summed E-state index contributed by atoms with van der Waals surface area (Å²) in [5.41, 5.74) is 0. The van der Waals surface area contributed by atoms with E-state index >= 15 is 0 Å². The van der Waals surface area contributed by atoms with Crippen LogP contribution in [0.15, 0.2) is 0 Å². The van der Waals surface area contributed by atoms with Crippen molar-refractivity contribution in [2.45, 2.75) is 57.7 Å². The summed E-state index contributed by atoms with van der Waals surface area (Å²) in [5, 5.41) is 0. The third kappa shape index (κ3) is 3.15. The molecule has 0 saturated heterocycles. The SMILES string of the molecule is CC1CCCC1N[S+]([O-])C(C)(C)C. The molecule has 0 aromatic rings. The molecule has 1 aliphatic carbocycles. The van der Waals surface area contributed by atoms with Crippen LogP contribution in [0.3, 0.4) is 0 Å². The molecule has 78 valence electrons. The lowest BCUT2D eigenvalue weighted by Crippen LogP contribution is -2.45. The third-order valence-corrected chi connectivity index (χ3v) is 4.31. The van der Waals surface area contributed by atoms with Crippen LogP contribution in [0.25, 0.3) is 0 Å². The van der Waals surface area contributed by atoms with Gasteiger partial charge in [0.05, 0.1) is 6.04 Å². The molecule has 0 bridgehead atoms. The maximum absolute atomic E-state index is 11.8. The molecule has 2 nitrogen and oxygen atoms in total. The molecule has 0 aromatic carbocycles. The molecule has 1 fully saturated rings. The number of hydrogen-bond donors (Lipinski definition) is 1. The van der Waals surface area contributed by atoms with E-state index in [1.807, 2.05) is 20.8 Å². The fourth-order valence-electron chi connectivity index (χ4n) is 1.63. The normalized spacial score (nSPS) is 32.1. The van der Waals surface area contributed by atoms with Crippen molar-refractivity contribution in [2.75, 3.05) is 0 Å². The average Bonchev–Trinajstić information content (AvgIpc) is 2.34. The molecule has 3 heteroatoms. The zero-order chi connectivity index (χ0) is 10.1. The molecule has 0 spiro atoms. The van der Waals surface area contributed by atoms with E-state index in [1.165, 1.54) is 19.3 Å². The molecule has 3 atom stereocenters. The minimum Gasteiger partial charge on any atom is -0.598 e. The topological polar surface area (TPSA) is 35.1 Å². The van der Waals surface area contributed by atoms with Crippen molar-refractivity contribution in [3.05, 3.63) is 0 Å². The van der Waals surface area contributed by atoms with Gasteiger partial charge in [-0.25, -0.2) is 0 Å². The van der Waals surface area contributed by atoms with Crippen molar-refractivity contribution in [3.8, 4) is 0 Å². The van der Waals surface area contributed by atoms with Crippen molar-refractivity contribution >= 4 is 11.4 Å². The minimum absolute atomic E-state index is 0.137. The van der Waals surface area contributed by atoms with Crippen molar-refractivity contribution in [2.24, 2.45) is 5.92 Å². The molecule has 1 saturated carbocycles. The highest BCUT2D eigenvalue weighted by Crippen LogP contribution is 2.27. The van der Waals surface area contributed by atoms with Crippen molar-refractivity contribution in [1.29, 1.82) is 0 Å². The van der Waals surface area contributed by atoms with Gasteiger partial charge in [-0.05, 0) is 39.5 Å². The molecule has 0 amide bonds. The molecule has 0 heterocycles. The smallest absolute Gasteiger partial charge is 0.136 e. The van der Waals surface area contributed by atoms with Crippen molar-refractivity contribution < 1.29 is 4.55 Å². The van der Waals surface area contributed by atoms with Crippen LogP contribution in [0.4, 0.5) is 0 Å². The average molecular weight is 203 g/mol.